The molecule has 0 heterocycles. The van der Waals surface area contributed by atoms with Crippen LogP contribution in [0.15, 0.2) is 49.1 Å². The molecule has 0 amide bonds. The third-order valence-electron chi connectivity index (χ3n) is 2.57. The molecule has 5 nitrogen and oxygen atoms in total. The van der Waals surface area contributed by atoms with E-state index in [4.69, 9.17) is 9.47 Å². The molecule has 2 rings (SSSR count). The van der Waals surface area contributed by atoms with Crippen molar-refractivity contribution >= 4 is 22.9 Å². The van der Waals surface area contributed by atoms with Gasteiger partial charge in [-0.2, -0.15) is 0 Å². The van der Waals surface area contributed by atoms with Crippen LogP contribution in [-0.4, -0.2) is 19.2 Å². The summed E-state index contributed by atoms with van der Waals surface area (Å²) in [6.07, 6.45) is 0.139. The van der Waals surface area contributed by atoms with Crippen LogP contribution in [0.4, 0.5) is 4.79 Å². The van der Waals surface area contributed by atoms with Crippen LogP contribution in [0.5, 0.6) is 11.5 Å². The summed E-state index contributed by atoms with van der Waals surface area (Å²) in [6.45, 7) is 3.34. The number of ether oxygens (including phenoxy) is 3. The predicted octanol–water partition coefficient (Wildman–Crippen LogP) is 3.08. The average molecular weight is 272 g/mol. The molecule has 0 atom stereocenters. The van der Waals surface area contributed by atoms with Crippen LogP contribution in [0, 0.1) is 0 Å². The first-order chi connectivity index (χ1) is 9.65. The van der Waals surface area contributed by atoms with Gasteiger partial charge in [0.05, 0.1) is 7.11 Å². The summed E-state index contributed by atoms with van der Waals surface area (Å²) in [5.41, 5.74) is 0. The molecule has 5 heteroatoms. The van der Waals surface area contributed by atoms with E-state index in [1.54, 1.807) is 18.2 Å². The molecule has 0 aliphatic heterocycles. The number of methoxy groups -OCH3 is 1. The third kappa shape index (κ3) is 2.77. The Morgan fingerprint density at radius 3 is 2.55 bits per heavy atom. The van der Waals surface area contributed by atoms with Gasteiger partial charge in [-0.05, 0) is 11.5 Å². The summed E-state index contributed by atoms with van der Waals surface area (Å²) in [7, 11) is 1.19. The lowest BCUT2D eigenvalue weighted by Gasteiger charge is -2.11. The maximum atomic E-state index is 11.4. The molecule has 0 unspecified atom stereocenters. The van der Waals surface area contributed by atoms with Crippen LogP contribution in [0.1, 0.15) is 0 Å². The summed E-state index contributed by atoms with van der Waals surface area (Å²) < 4.78 is 14.6. The van der Waals surface area contributed by atoms with E-state index in [0.29, 0.717) is 5.39 Å². The molecule has 2 aromatic carbocycles. The zero-order chi connectivity index (χ0) is 14.5. The zero-order valence-corrected chi connectivity index (χ0v) is 10.8. The van der Waals surface area contributed by atoms with E-state index in [0.717, 1.165) is 11.5 Å². The maximum absolute atomic E-state index is 11.4. The van der Waals surface area contributed by atoms with Crippen molar-refractivity contribution in [2.45, 2.75) is 0 Å². The Morgan fingerprint density at radius 1 is 1.10 bits per heavy atom. The van der Waals surface area contributed by atoms with Gasteiger partial charge in [-0.3, -0.25) is 0 Å². The first-order valence-corrected chi connectivity index (χ1v) is 5.77. The van der Waals surface area contributed by atoms with Crippen molar-refractivity contribution in [3.05, 3.63) is 49.1 Å². The first kappa shape index (κ1) is 13.6. The SMILES string of the molecule is C=CC(=O)Oc1c(OC(=O)OC)ccc2ccccc12. The van der Waals surface area contributed by atoms with Crippen molar-refractivity contribution in [3.8, 4) is 11.5 Å². The lowest BCUT2D eigenvalue weighted by molar-refractivity contribution is -0.129. The third-order valence-corrected chi connectivity index (χ3v) is 2.57. The number of benzene rings is 2. The quantitative estimate of drug-likeness (QED) is 0.372. The number of hydrogen-bond acceptors (Lipinski definition) is 5. The first-order valence-electron chi connectivity index (χ1n) is 5.77. The molecular formula is C15H12O5. The van der Waals surface area contributed by atoms with Crippen molar-refractivity contribution in [3.63, 3.8) is 0 Å². The van der Waals surface area contributed by atoms with Gasteiger partial charge < -0.3 is 14.2 Å². The normalized spacial score (nSPS) is 9.85. The van der Waals surface area contributed by atoms with Gasteiger partial charge in [-0.15, -0.1) is 0 Å². The highest BCUT2D eigenvalue weighted by molar-refractivity contribution is 5.95. The monoisotopic (exact) mass is 272 g/mol. The number of carbonyl (C=O) groups is 2. The Morgan fingerprint density at radius 2 is 1.85 bits per heavy atom. The van der Waals surface area contributed by atoms with Gasteiger partial charge in [0.1, 0.15) is 0 Å². The molecule has 0 spiro atoms. The fraction of sp³-hybridized carbons (Fsp3) is 0.0667. The minimum Gasteiger partial charge on any atom is -0.437 e. The van der Waals surface area contributed by atoms with E-state index in [9.17, 15) is 9.59 Å². The molecule has 0 aliphatic rings. The summed E-state index contributed by atoms with van der Waals surface area (Å²) >= 11 is 0. The molecular weight excluding hydrogens is 260 g/mol. The smallest absolute Gasteiger partial charge is 0.437 e. The Kier molecular flexibility index (Phi) is 4.00. The molecule has 0 saturated heterocycles. The lowest BCUT2D eigenvalue weighted by atomic mass is 10.1. The van der Waals surface area contributed by atoms with Crippen LogP contribution in [0.25, 0.3) is 10.8 Å². The van der Waals surface area contributed by atoms with Gasteiger partial charge in [0.2, 0.25) is 0 Å². The summed E-state index contributed by atoms with van der Waals surface area (Å²) in [5.74, 6) is -0.389. The van der Waals surface area contributed by atoms with E-state index in [1.165, 1.54) is 13.2 Å². The van der Waals surface area contributed by atoms with E-state index in [1.807, 2.05) is 12.1 Å². The van der Waals surface area contributed by atoms with Crippen molar-refractivity contribution in [2.24, 2.45) is 0 Å². The van der Waals surface area contributed by atoms with Crippen molar-refractivity contribution in [1.82, 2.24) is 0 Å². The molecule has 102 valence electrons. The highest BCUT2D eigenvalue weighted by Gasteiger charge is 2.16. The molecule has 20 heavy (non-hydrogen) atoms. The number of fused-ring (bicyclic) bond motifs is 1. The molecule has 0 aliphatic carbocycles. The summed E-state index contributed by atoms with van der Waals surface area (Å²) in [5, 5.41) is 1.49. The zero-order valence-electron chi connectivity index (χ0n) is 10.8. The van der Waals surface area contributed by atoms with Crippen LogP contribution < -0.4 is 9.47 Å². The second kappa shape index (κ2) is 5.88. The highest BCUT2D eigenvalue weighted by Crippen LogP contribution is 2.36. The van der Waals surface area contributed by atoms with Crippen molar-refractivity contribution < 1.29 is 23.8 Å². The maximum Gasteiger partial charge on any atom is 0.513 e. The van der Waals surface area contributed by atoms with E-state index < -0.39 is 12.1 Å². The standard InChI is InChI=1S/C15H12O5/c1-3-13(16)20-14-11-7-5-4-6-10(11)8-9-12(14)19-15(17)18-2/h3-9H,1H2,2H3. The van der Waals surface area contributed by atoms with Crippen molar-refractivity contribution in [2.75, 3.05) is 7.11 Å². The van der Waals surface area contributed by atoms with Gasteiger partial charge in [0.25, 0.3) is 0 Å². The number of rotatable bonds is 3. The fourth-order valence-electron chi connectivity index (χ4n) is 1.68. The molecule has 0 saturated carbocycles. The Bertz CT molecular complexity index is 675. The predicted molar refractivity (Wildman–Crippen MR) is 72.8 cm³/mol. The van der Waals surface area contributed by atoms with E-state index in [-0.39, 0.29) is 11.5 Å². The molecule has 0 N–H and O–H groups in total. The Balaban J connectivity index is 2.55. The van der Waals surface area contributed by atoms with E-state index >= 15 is 0 Å². The Labute approximate surface area is 115 Å². The van der Waals surface area contributed by atoms with Crippen LogP contribution in [-0.2, 0) is 9.53 Å². The number of hydrogen-bond donors (Lipinski definition) is 0. The second-order valence-corrected chi connectivity index (χ2v) is 3.80. The lowest BCUT2D eigenvalue weighted by Crippen LogP contribution is -2.10. The topological polar surface area (TPSA) is 61.8 Å². The summed E-state index contributed by atoms with van der Waals surface area (Å²) in [6, 6.07) is 10.5. The number of esters is 1. The van der Waals surface area contributed by atoms with Gasteiger partial charge in [0.15, 0.2) is 11.5 Å². The average Bonchev–Trinajstić information content (AvgIpc) is 2.49. The molecule has 0 fully saturated rings. The van der Waals surface area contributed by atoms with Crippen LogP contribution in [0.3, 0.4) is 0 Å². The van der Waals surface area contributed by atoms with Gasteiger partial charge >= 0.3 is 12.1 Å². The molecule has 0 radical (unpaired) electrons. The second-order valence-electron chi connectivity index (χ2n) is 3.80. The Hall–Kier alpha value is -2.82. The van der Waals surface area contributed by atoms with E-state index in [2.05, 4.69) is 11.3 Å². The molecule has 2 aromatic rings. The van der Waals surface area contributed by atoms with Crippen LogP contribution >= 0.6 is 0 Å². The van der Waals surface area contributed by atoms with Gasteiger partial charge in [-0.25, -0.2) is 9.59 Å². The minimum atomic E-state index is -0.892. The fourth-order valence-corrected chi connectivity index (χ4v) is 1.68. The number of carbonyl (C=O) groups excluding carboxylic acids is 2. The molecule has 0 aromatic heterocycles. The molecule has 0 bridgehead atoms. The van der Waals surface area contributed by atoms with Gasteiger partial charge in [0, 0.05) is 11.5 Å². The van der Waals surface area contributed by atoms with Gasteiger partial charge in [-0.1, -0.05) is 36.9 Å². The van der Waals surface area contributed by atoms with Crippen LogP contribution in [0.2, 0.25) is 0 Å². The highest BCUT2D eigenvalue weighted by atomic mass is 16.7. The minimum absolute atomic E-state index is 0.103. The largest absolute Gasteiger partial charge is 0.513 e. The van der Waals surface area contributed by atoms with Crippen molar-refractivity contribution in [1.29, 1.82) is 0 Å². The summed E-state index contributed by atoms with van der Waals surface area (Å²) in [4.78, 5) is 22.6.